The van der Waals surface area contributed by atoms with E-state index in [1.165, 1.54) is 4.90 Å². The number of hydrogen-bond donors (Lipinski definition) is 2. The Morgan fingerprint density at radius 1 is 1.36 bits per heavy atom. The van der Waals surface area contributed by atoms with Gasteiger partial charge in [-0.25, -0.2) is 4.79 Å². The molecule has 0 saturated carbocycles. The second-order valence-corrected chi connectivity index (χ2v) is 6.43. The molecule has 0 bridgehead atoms. The van der Waals surface area contributed by atoms with Gasteiger partial charge < -0.3 is 15.0 Å². The standard InChI is InChI=1S/C14H25N5O3/c1-9(8-19(6)13(21)22-14(3,4)5)7-15-12(20)11-10(2)16-18-17-11/h9H,7-8H2,1-6H3,(H,15,20)(H,16,17,18)/t9-/m1/s1. The van der Waals surface area contributed by atoms with Crippen molar-refractivity contribution in [3.8, 4) is 0 Å². The van der Waals surface area contributed by atoms with E-state index < -0.39 is 5.60 Å². The molecule has 2 amide bonds. The zero-order valence-corrected chi connectivity index (χ0v) is 14.1. The van der Waals surface area contributed by atoms with E-state index in [4.69, 9.17) is 4.74 Å². The molecule has 0 radical (unpaired) electrons. The summed E-state index contributed by atoms with van der Waals surface area (Å²) in [6.07, 6.45) is -0.377. The average molecular weight is 311 g/mol. The van der Waals surface area contributed by atoms with Crippen molar-refractivity contribution in [2.24, 2.45) is 5.92 Å². The predicted molar refractivity (Wildman–Crippen MR) is 81.5 cm³/mol. The average Bonchev–Trinajstić information content (AvgIpc) is 2.80. The Hall–Kier alpha value is -2.12. The van der Waals surface area contributed by atoms with Gasteiger partial charge in [-0.05, 0) is 33.6 Å². The first-order chi connectivity index (χ1) is 10.1. The molecule has 0 spiro atoms. The number of H-pyrrole nitrogens is 1. The minimum absolute atomic E-state index is 0.0775. The molecule has 8 nitrogen and oxygen atoms in total. The lowest BCUT2D eigenvalue weighted by Gasteiger charge is -2.26. The van der Waals surface area contributed by atoms with Crippen molar-refractivity contribution in [2.45, 2.75) is 40.2 Å². The van der Waals surface area contributed by atoms with Gasteiger partial charge in [-0.1, -0.05) is 6.92 Å². The summed E-state index contributed by atoms with van der Waals surface area (Å²) in [5.41, 5.74) is 0.316. The summed E-state index contributed by atoms with van der Waals surface area (Å²) in [7, 11) is 1.67. The van der Waals surface area contributed by atoms with E-state index in [-0.39, 0.29) is 23.6 Å². The Balaban J connectivity index is 2.40. The molecule has 0 saturated heterocycles. The molecule has 0 aliphatic heterocycles. The number of carbonyl (C=O) groups excluding carboxylic acids is 2. The van der Waals surface area contributed by atoms with E-state index in [2.05, 4.69) is 20.7 Å². The van der Waals surface area contributed by atoms with Crippen molar-refractivity contribution < 1.29 is 14.3 Å². The highest BCUT2D eigenvalue weighted by molar-refractivity contribution is 5.93. The van der Waals surface area contributed by atoms with E-state index in [1.807, 2.05) is 27.7 Å². The molecule has 22 heavy (non-hydrogen) atoms. The van der Waals surface area contributed by atoms with Gasteiger partial charge in [0.2, 0.25) is 0 Å². The van der Waals surface area contributed by atoms with Gasteiger partial charge in [0.25, 0.3) is 5.91 Å². The number of nitrogens with zero attached hydrogens (tertiary/aromatic N) is 3. The number of rotatable bonds is 5. The van der Waals surface area contributed by atoms with Crippen LogP contribution < -0.4 is 5.32 Å². The summed E-state index contributed by atoms with van der Waals surface area (Å²) in [5.74, 6) is -0.202. The minimum Gasteiger partial charge on any atom is -0.444 e. The molecule has 1 rings (SSSR count). The zero-order valence-electron chi connectivity index (χ0n) is 14.1. The summed E-state index contributed by atoms with van der Waals surface area (Å²) in [6.45, 7) is 10.0. The normalized spacial score (nSPS) is 12.6. The molecular formula is C14H25N5O3. The number of nitrogens with one attached hydrogen (secondary N) is 2. The lowest BCUT2D eigenvalue weighted by atomic mass is 10.1. The van der Waals surface area contributed by atoms with Gasteiger partial charge in [0.1, 0.15) is 5.60 Å². The van der Waals surface area contributed by atoms with Crippen LogP contribution in [0.4, 0.5) is 4.79 Å². The van der Waals surface area contributed by atoms with Gasteiger partial charge in [-0.15, -0.1) is 0 Å². The highest BCUT2D eigenvalue weighted by Crippen LogP contribution is 2.10. The largest absolute Gasteiger partial charge is 0.444 e. The van der Waals surface area contributed by atoms with Crippen molar-refractivity contribution in [3.63, 3.8) is 0 Å². The van der Waals surface area contributed by atoms with Crippen molar-refractivity contribution in [1.29, 1.82) is 0 Å². The van der Waals surface area contributed by atoms with Gasteiger partial charge in [0.05, 0.1) is 5.69 Å². The molecule has 1 aromatic heterocycles. The quantitative estimate of drug-likeness (QED) is 0.855. The molecule has 0 fully saturated rings. The van der Waals surface area contributed by atoms with Crippen LogP contribution in [-0.4, -0.2) is 58.0 Å². The van der Waals surface area contributed by atoms with Crippen molar-refractivity contribution in [2.75, 3.05) is 20.1 Å². The first kappa shape index (κ1) is 17.9. The number of aromatic nitrogens is 3. The monoisotopic (exact) mass is 311 g/mol. The number of ether oxygens (including phenoxy) is 1. The molecule has 2 N–H and O–H groups in total. The molecule has 0 aliphatic carbocycles. The number of aryl methyl sites for hydroxylation is 1. The topological polar surface area (TPSA) is 100 Å². The summed E-state index contributed by atoms with van der Waals surface area (Å²) in [6, 6.07) is 0. The Kier molecular flexibility index (Phi) is 5.90. The number of aromatic amines is 1. The second kappa shape index (κ2) is 7.24. The van der Waals surface area contributed by atoms with Crippen LogP contribution in [-0.2, 0) is 4.74 Å². The van der Waals surface area contributed by atoms with Crippen LogP contribution in [0, 0.1) is 12.8 Å². The molecule has 1 heterocycles. The maximum atomic E-state index is 11.9. The van der Waals surface area contributed by atoms with Crippen LogP contribution >= 0.6 is 0 Å². The summed E-state index contributed by atoms with van der Waals surface area (Å²) in [5, 5.41) is 12.8. The van der Waals surface area contributed by atoms with Gasteiger partial charge >= 0.3 is 6.09 Å². The lowest BCUT2D eigenvalue weighted by Crippen LogP contribution is -2.39. The minimum atomic E-state index is -0.521. The highest BCUT2D eigenvalue weighted by Gasteiger charge is 2.21. The van der Waals surface area contributed by atoms with Crippen LogP contribution in [0.3, 0.4) is 0 Å². The Morgan fingerprint density at radius 3 is 2.50 bits per heavy atom. The predicted octanol–water partition coefficient (Wildman–Crippen LogP) is 1.35. The number of amides is 2. The fraction of sp³-hybridized carbons (Fsp3) is 0.714. The fourth-order valence-corrected chi connectivity index (χ4v) is 1.80. The molecule has 0 unspecified atom stereocenters. The van der Waals surface area contributed by atoms with Crippen molar-refractivity contribution in [3.05, 3.63) is 11.4 Å². The van der Waals surface area contributed by atoms with Gasteiger partial charge in [-0.3, -0.25) is 4.79 Å². The maximum Gasteiger partial charge on any atom is 0.410 e. The van der Waals surface area contributed by atoms with Gasteiger partial charge in [0.15, 0.2) is 5.69 Å². The van der Waals surface area contributed by atoms with E-state index >= 15 is 0 Å². The first-order valence-electron chi connectivity index (χ1n) is 7.20. The first-order valence-corrected chi connectivity index (χ1v) is 7.20. The van der Waals surface area contributed by atoms with E-state index in [9.17, 15) is 9.59 Å². The van der Waals surface area contributed by atoms with Gasteiger partial charge in [-0.2, -0.15) is 15.4 Å². The van der Waals surface area contributed by atoms with E-state index in [1.54, 1.807) is 14.0 Å². The van der Waals surface area contributed by atoms with Crippen molar-refractivity contribution in [1.82, 2.24) is 25.6 Å². The molecule has 1 aromatic rings. The van der Waals surface area contributed by atoms with Crippen LogP contribution in [0.2, 0.25) is 0 Å². The summed E-state index contributed by atoms with van der Waals surface area (Å²) in [4.78, 5) is 25.3. The third-order valence-electron chi connectivity index (χ3n) is 2.84. The Labute approximate surface area is 130 Å². The van der Waals surface area contributed by atoms with Crippen molar-refractivity contribution >= 4 is 12.0 Å². The smallest absolute Gasteiger partial charge is 0.410 e. The SMILES string of the molecule is Cc1n[nH]nc1C(=O)NC[C@@H](C)CN(C)C(=O)OC(C)(C)C. The number of carbonyl (C=O) groups is 2. The van der Waals surface area contributed by atoms with E-state index in [0.717, 1.165) is 0 Å². The highest BCUT2D eigenvalue weighted by atomic mass is 16.6. The molecule has 1 atom stereocenters. The van der Waals surface area contributed by atoms with Gasteiger partial charge in [0, 0.05) is 20.1 Å². The summed E-state index contributed by atoms with van der Waals surface area (Å²) < 4.78 is 5.28. The van der Waals surface area contributed by atoms with Crippen LogP contribution in [0.25, 0.3) is 0 Å². The molecule has 124 valence electrons. The maximum absolute atomic E-state index is 11.9. The Morgan fingerprint density at radius 2 is 2.00 bits per heavy atom. The Bertz CT molecular complexity index is 521. The molecule has 0 aliphatic rings. The lowest BCUT2D eigenvalue weighted by molar-refractivity contribution is 0.0277. The molecule has 8 heteroatoms. The molecular weight excluding hydrogens is 286 g/mol. The fourth-order valence-electron chi connectivity index (χ4n) is 1.80. The zero-order chi connectivity index (χ0) is 16.9. The van der Waals surface area contributed by atoms with Crippen LogP contribution in [0.5, 0.6) is 0 Å². The number of hydrogen-bond acceptors (Lipinski definition) is 5. The molecule has 0 aromatic carbocycles. The van der Waals surface area contributed by atoms with Crippen LogP contribution in [0.15, 0.2) is 0 Å². The summed E-state index contributed by atoms with van der Waals surface area (Å²) >= 11 is 0. The third kappa shape index (κ3) is 5.71. The van der Waals surface area contributed by atoms with Crippen LogP contribution in [0.1, 0.15) is 43.9 Å². The third-order valence-corrected chi connectivity index (χ3v) is 2.84. The second-order valence-electron chi connectivity index (χ2n) is 6.43. The van der Waals surface area contributed by atoms with E-state index in [0.29, 0.717) is 18.8 Å².